The molecule has 36 heavy (non-hydrogen) atoms. The third kappa shape index (κ3) is 5.58. The molecule has 4 aromatic rings. The van der Waals surface area contributed by atoms with Crippen LogP contribution >= 0.6 is 0 Å². The van der Waals surface area contributed by atoms with Crippen LogP contribution in [0, 0.1) is 5.82 Å². The van der Waals surface area contributed by atoms with Gasteiger partial charge in [0.25, 0.3) is 5.56 Å². The first-order valence-electron chi connectivity index (χ1n) is 11.1. The molecule has 7 nitrogen and oxygen atoms in total. The van der Waals surface area contributed by atoms with Crippen LogP contribution in [0.25, 0.3) is 22.3 Å². The summed E-state index contributed by atoms with van der Waals surface area (Å²) >= 11 is 0. The molecule has 9 heteroatoms. The van der Waals surface area contributed by atoms with Crippen molar-refractivity contribution < 1.29 is 17.6 Å². The van der Waals surface area contributed by atoms with Crippen molar-refractivity contribution in [2.75, 3.05) is 13.4 Å². The largest absolute Gasteiger partial charge is 0.399 e. The van der Waals surface area contributed by atoms with Gasteiger partial charge in [-0.3, -0.25) is 4.79 Å². The zero-order valence-electron chi connectivity index (χ0n) is 19.8. The number of hydrogen-bond donors (Lipinski definition) is 0. The van der Waals surface area contributed by atoms with Crippen molar-refractivity contribution in [2.24, 2.45) is 5.16 Å². The van der Waals surface area contributed by atoms with E-state index in [9.17, 15) is 17.6 Å². The van der Waals surface area contributed by atoms with E-state index in [4.69, 9.17) is 4.84 Å². The summed E-state index contributed by atoms with van der Waals surface area (Å²) in [6.07, 6.45) is 4.84. The molecular formula is C27H24FN3O4S. The molecule has 0 aliphatic carbocycles. The van der Waals surface area contributed by atoms with Crippen molar-refractivity contribution in [1.82, 2.24) is 9.78 Å². The fraction of sp³-hybridized carbons (Fsp3) is 0.148. The number of halogens is 1. The van der Waals surface area contributed by atoms with E-state index in [1.54, 1.807) is 36.7 Å². The molecule has 1 heterocycles. The molecule has 0 atom stereocenters. The van der Waals surface area contributed by atoms with E-state index in [2.05, 4.69) is 10.3 Å². The molecule has 0 fully saturated rings. The first-order chi connectivity index (χ1) is 17.3. The summed E-state index contributed by atoms with van der Waals surface area (Å²) in [5, 5.41) is 8.22. The number of aromatic nitrogens is 2. The highest BCUT2D eigenvalue weighted by atomic mass is 32.2. The maximum absolute atomic E-state index is 13.6. The maximum atomic E-state index is 13.6. The van der Waals surface area contributed by atoms with E-state index in [1.165, 1.54) is 36.1 Å². The second-order valence-electron chi connectivity index (χ2n) is 8.13. The molecule has 184 valence electrons. The van der Waals surface area contributed by atoms with Crippen LogP contribution in [0.5, 0.6) is 0 Å². The van der Waals surface area contributed by atoms with E-state index in [0.717, 1.165) is 17.4 Å². The van der Waals surface area contributed by atoms with Crippen molar-refractivity contribution >= 4 is 16.1 Å². The van der Waals surface area contributed by atoms with Gasteiger partial charge < -0.3 is 4.84 Å². The maximum Gasteiger partial charge on any atom is 0.275 e. The molecule has 3 aromatic carbocycles. The zero-order chi connectivity index (χ0) is 25.7. The van der Waals surface area contributed by atoms with Gasteiger partial charge in [-0.15, -0.1) is 0 Å². The van der Waals surface area contributed by atoms with Gasteiger partial charge in [0, 0.05) is 18.4 Å². The fourth-order valence-electron chi connectivity index (χ4n) is 3.87. The molecule has 0 saturated carbocycles. The third-order valence-electron chi connectivity index (χ3n) is 5.72. The van der Waals surface area contributed by atoms with Crippen LogP contribution < -0.4 is 5.56 Å². The van der Waals surface area contributed by atoms with E-state index in [-0.39, 0.29) is 10.5 Å². The van der Waals surface area contributed by atoms with Crippen molar-refractivity contribution in [3.8, 4) is 22.3 Å². The van der Waals surface area contributed by atoms with Gasteiger partial charge in [-0.05, 0) is 52.9 Å². The minimum Gasteiger partial charge on any atom is -0.399 e. The molecule has 0 spiro atoms. The van der Waals surface area contributed by atoms with Crippen molar-refractivity contribution in [1.29, 1.82) is 0 Å². The van der Waals surface area contributed by atoms with Crippen molar-refractivity contribution in [3.63, 3.8) is 0 Å². The monoisotopic (exact) mass is 505 g/mol. The normalized spacial score (nSPS) is 11.6. The van der Waals surface area contributed by atoms with E-state index in [0.29, 0.717) is 35.2 Å². The summed E-state index contributed by atoms with van der Waals surface area (Å²) in [6, 6.07) is 19.6. The Morgan fingerprint density at radius 2 is 1.67 bits per heavy atom. The summed E-state index contributed by atoms with van der Waals surface area (Å²) in [7, 11) is -1.90. The average Bonchev–Trinajstić information content (AvgIpc) is 2.87. The lowest BCUT2D eigenvalue weighted by Gasteiger charge is -2.14. The molecule has 0 aliphatic heterocycles. The molecule has 0 amide bonds. The van der Waals surface area contributed by atoms with Crippen LogP contribution in [-0.2, 0) is 27.6 Å². The van der Waals surface area contributed by atoms with Gasteiger partial charge in [-0.25, -0.2) is 17.5 Å². The van der Waals surface area contributed by atoms with E-state index in [1.807, 2.05) is 24.3 Å². The number of rotatable bonds is 8. The summed E-state index contributed by atoms with van der Waals surface area (Å²) in [5.41, 5.74) is 3.53. The molecule has 0 aliphatic rings. The van der Waals surface area contributed by atoms with Crippen LogP contribution in [-0.4, -0.2) is 37.8 Å². The third-order valence-corrected chi connectivity index (χ3v) is 6.84. The Morgan fingerprint density at radius 3 is 2.33 bits per heavy atom. The average molecular weight is 506 g/mol. The molecule has 0 unspecified atom stereocenters. The van der Waals surface area contributed by atoms with Crippen LogP contribution in [0.1, 0.15) is 11.1 Å². The Balaban J connectivity index is 1.76. The Hall–Kier alpha value is -4.11. The highest BCUT2D eigenvalue weighted by Gasteiger charge is 2.17. The molecule has 0 bridgehead atoms. The summed E-state index contributed by atoms with van der Waals surface area (Å²) in [5.74, 6) is -0.415. The second-order valence-corrected chi connectivity index (χ2v) is 10.1. The molecule has 4 rings (SSSR count). The lowest BCUT2D eigenvalue weighted by molar-refractivity contribution is 0.215. The SMILES string of the molecule is CON=Cc1ccccc1CCn1ncc(-c2ccc(S(C)(=O)=O)cc2)c(-c2ccc(F)cc2)c1=O. The number of benzene rings is 3. The molecule has 0 saturated heterocycles. The number of hydrogen-bond acceptors (Lipinski definition) is 6. The summed E-state index contributed by atoms with van der Waals surface area (Å²) < 4.78 is 38.7. The topological polar surface area (TPSA) is 90.6 Å². The highest BCUT2D eigenvalue weighted by Crippen LogP contribution is 2.29. The number of oxime groups is 1. The van der Waals surface area contributed by atoms with Gasteiger partial charge >= 0.3 is 0 Å². The van der Waals surface area contributed by atoms with Gasteiger partial charge in [-0.2, -0.15) is 5.10 Å². The summed E-state index contributed by atoms with van der Waals surface area (Å²) in [4.78, 5) is 18.6. The van der Waals surface area contributed by atoms with Gasteiger partial charge in [0.15, 0.2) is 9.84 Å². The molecule has 0 radical (unpaired) electrons. The molecule has 0 N–H and O–H groups in total. The predicted octanol–water partition coefficient (Wildman–Crippen LogP) is 4.34. The Kier molecular flexibility index (Phi) is 7.40. The first kappa shape index (κ1) is 25.0. The van der Waals surface area contributed by atoms with Crippen LogP contribution in [0.3, 0.4) is 0 Å². The van der Waals surface area contributed by atoms with Crippen LogP contribution in [0.15, 0.2) is 93.8 Å². The minimum absolute atomic E-state index is 0.173. The standard InChI is InChI=1S/C27H24FN3O4S/c1-35-30-17-22-6-4-3-5-19(22)15-16-31-27(32)26(21-7-11-23(28)12-8-21)25(18-29-31)20-9-13-24(14-10-20)36(2,33)34/h3-14,17-18H,15-16H2,1-2H3. The second kappa shape index (κ2) is 10.7. The highest BCUT2D eigenvalue weighted by molar-refractivity contribution is 7.90. The summed E-state index contributed by atoms with van der Waals surface area (Å²) in [6.45, 7) is 0.304. The fourth-order valence-corrected chi connectivity index (χ4v) is 4.50. The van der Waals surface area contributed by atoms with Crippen molar-refractivity contribution in [3.05, 3.63) is 106 Å². The van der Waals surface area contributed by atoms with E-state index >= 15 is 0 Å². The van der Waals surface area contributed by atoms with Gasteiger partial charge in [0.1, 0.15) is 12.9 Å². The van der Waals surface area contributed by atoms with Crippen LogP contribution in [0.2, 0.25) is 0 Å². The Bertz CT molecular complexity index is 1560. The molecule has 1 aromatic heterocycles. The van der Waals surface area contributed by atoms with Crippen LogP contribution in [0.4, 0.5) is 4.39 Å². The Labute approximate surface area is 208 Å². The number of sulfone groups is 1. The smallest absolute Gasteiger partial charge is 0.275 e. The van der Waals surface area contributed by atoms with Gasteiger partial charge in [0.05, 0.1) is 22.9 Å². The number of aryl methyl sites for hydroxylation is 2. The van der Waals surface area contributed by atoms with Crippen molar-refractivity contribution in [2.45, 2.75) is 17.9 Å². The van der Waals surface area contributed by atoms with Gasteiger partial charge in [0.2, 0.25) is 0 Å². The lowest BCUT2D eigenvalue weighted by atomic mass is 9.97. The minimum atomic E-state index is -3.37. The number of nitrogens with zero attached hydrogens (tertiary/aromatic N) is 3. The predicted molar refractivity (Wildman–Crippen MR) is 137 cm³/mol. The quantitative estimate of drug-likeness (QED) is 0.262. The Morgan fingerprint density at radius 1 is 1.00 bits per heavy atom. The molecular weight excluding hydrogens is 481 g/mol. The lowest BCUT2D eigenvalue weighted by Crippen LogP contribution is -2.26. The van der Waals surface area contributed by atoms with E-state index < -0.39 is 15.7 Å². The van der Waals surface area contributed by atoms with Gasteiger partial charge in [-0.1, -0.05) is 53.7 Å². The zero-order valence-corrected chi connectivity index (χ0v) is 20.6. The first-order valence-corrected chi connectivity index (χ1v) is 13.0.